The van der Waals surface area contributed by atoms with Crippen LogP contribution in [0.5, 0.6) is 0 Å². The number of hydrogen-bond acceptors (Lipinski definition) is 5. The lowest BCUT2D eigenvalue weighted by Crippen LogP contribution is -2.67. The summed E-state index contributed by atoms with van der Waals surface area (Å²) in [6, 6.07) is 17.2. The average molecular weight is 655 g/mol. The molecule has 3 saturated heterocycles. The van der Waals surface area contributed by atoms with Gasteiger partial charge in [-0.2, -0.15) is 0 Å². The molecule has 1 aromatic heterocycles. The number of quaternary nitrogens is 1. The van der Waals surface area contributed by atoms with Gasteiger partial charge >= 0.3 is 12.1 Å². The second-order valence-electron chi connectivity index (χ2n) is 17.1. The van der Waals surface area contributed by atoms with E-state index >= 15 is 0 Å². The Labute approximate surface area is 287 Å². The summed E-state index contributed by atoms with van der Waals surface area (Å²) >= 11 is 0. The van der Waals surface area contributed by atoms with E-state index in [2.05, 4.69) is 88.8 Å². The SMILES string of the molecule is C=C[C@H]1C[N+]2(Cc3cc(C(C)(C)C)cc(C(C)(C)C)c3)CC[C@H]1C[C@@H]2[C@@H](OC(=O)CNC(=O)OC(C)(C)C)c1ccnc2ccccc12. The lowest BCUT2D eigenvalue weighted by atomic mass is 9.70. The van der Waals surface area contributed by atoms with Crippen LogP contribution in [-0.4, -0.2) is 52.8 Å². The van der Waals surface area contributed by atoms with E-state index in [0.29, 0.717) is 11.8 Å². The molecule has 0 spiro atoms. The first-order chi connectivity index (χ1) is 22.4. The van der Waals surface area contributed by atoms with Gasteiger partial charge < -0.3 is 19.3 Å². The summed E-state index contributed by atoms with van der Waals surface area (Å²) in [7, 11) is 0. The molecule has 48 heavy (non-hydrogen) atoms. The van der Waals surface area contributed by atoms with E-state index in [1.807, 2.05) is 30.5 Å². The molecule has 4 heterocycles. The molecule has 3 fully saturated rings. The fourth-order valence-electron chi connectivity index (χ4n) is 7.73. The maximum absolute atomic E-state index is 13.6. The van der Waals surface area contributed by atoms with Gasteiger partial charge in [-0.15, -0.1) is 6.58 Å². The number of nitrogens with one attached hydrogen (secondary N) is 1. The first kappa shape index (κ1) is 35.6. The van der Waals surface area contributed by atoms with Gasteiger partial charge in [0.2, 0.25) is 0 Å². The number of esters is 1. The number of hydrogen-bond donors (Lipinski definition) is 1. The molecule has 7 heteroatoms. The van der Waals surface area contributed by atoms with Gasteiger partial charge in [-0.05, 0) is 72.9 Å². The number of piperidine rings is 3. The smallest absolute Gasteiger partial charge is 0.408 e. The van der Waals surface area contributed by atoms with Gasteiger partial charge in [0.15, 0.2) is 6.10 Å². The Morgan fingerprint density at radius 3 is 2.29 bits per heavy atom. The molecule has 1 N–H and O–H groups in total. The van der Waals surface area contributed by atoms with Crippen molar-refractivity contribution in [1.29, 1.82) is 0 Å². The Hall–Kier alpha value is -3.71. The number of pyridine rings is 1. The maximum Gasteiger partial charge on any atom is 0.408 e. The number of rotatable bonds is 8. The van der Waals surface area contributed by atoms with Gasteiger partial charge in [0.05, 0.1) is 18.6 Å². The molecule has 1 amide bonds. The van der Waals surface area contributed by atoms with Crippen LogP contribution in [0.25, 0.3) is 10.9 Å². The van der Waals surface area contributed by atoms with Crippen LogP contribution < -0.4 is 5.32 Å². The van der Waals surface area contributed by atoms with Crippen LogP contribution in [0.1, 0.15) is 104 Å². The molecule has 7 nitrogen and oxygen atoms in total. The van der Waals surface area contributed by atoms with E-state index in [-0.39, 0.29) is 23.4 Å². The molecule has 0 radical (unpaired) electrons. The molecule has 5 atom stereocenters. The van der Waals surface area contributed by atoms with E-state index in [9.17, 15) is 9.59 Å². The second kappa shape index (κ2) is 13.3. The third kappa shape index (κ3) is 7.94. The fraction of sp³-hybridized carbons (Fsp3) is 0.537. The number of para-hydroxylation sites is 1. The highest BCUT2D eigenvalue weighted by atomic mass is 16.6. The zero-order valence-corrected chi connectivity index (χ0v) is 30.6. The predicted molar refractivity (Wildman–Crippen MR) is 193 cm³/mol. The minimum atomic E-state index is -0.670. The van der Waals surface area contributed by atoms with Crippen molar-refractivity contribution in [1.82, 2.24) is 10.3 Å². The van der Waals surface area contributed by atoms with E-state index in [1.165, 1.54) is 16.7 Å². The summed E-state index contributed by atoms with van der Waals surface area (Å²) in [6.07, 6.45) is 4.80. The Morgan fingerprint density at radius 2 is 1.67 bits per heavy atom. The third-order valence-electron chi connectivity index (χ3n) is 10.3. The predicted octanol–water partition coefficient (Wildman–Crippen LogP) is 8.55. The van der Waals surface area contributed by atoms with Crippen molar-refractivity contribution in [2.45, 2.75) is 110 Å². The van der Waals surface area contributed by atoms with Gasteiger partial charge in [0.1, 0.15) is 24.7 Å². The molecule has 258 valence electrons. The van der Waals surface area contributed by atoms with Gasteiger partial charge in [0, 0.05) is 41.5 Å². The molecular formula is C41H56N3O4+. The quantitative estimate of drug-likeness (QED) is 0.150. The number of carbonyl (C=O) groups excluding carboxylic acids is 2. The Morgan fingerprint density at radius 1 is 1.00 bits per heavy atom. The van der Waals surface area contributed by atoms with E-state index in [0.717, 1.165) is 53.4 Å². The topological polar surface area (TPSA) is 77.5 Å². The summed E-state index contributed by atoms with van der Waals surface area (Å²) in [5, 5.41) is 3.59. The molecule has 3 aliphatic heterocycles. The molecule has 3 aliphatic rings. The zero-order chi connectivity index (χ0) is 35.1. The Bertz CT molecular complexity index is 1620. The van der Waals surface area contributed by atoms with Gasteiger partial charge in [-0.1, -0.05) is 71.9 Å². The number of alkyl carbamates (subject to hydrolysis) is 1. The molecule has 3 aromatic rings. The van der Waals surface area contributed by atoms with Gasteiger partial charge in [-0.3, -0.25) is 9.78 Å². The van der Waals surface area contributed by atoms with Crippen LogP contribution in [0.3, 0.4) is 0 Å². The number of amides is 1. The summed E-state index contributed by atoms with van der Waals surface area (Å²) in [5.74, 6) is 0.368. The van der Waals surface area contributed by atoms with E-state index < -0.39 is 23.8 Å². The van der Waals surface area contributed by atoms with Crippen LogP contribution in [0.15, 0.2) is 67.4 Å². The third-order valence-corrected chi connectivity index (χ3v) is 10.3. The van der Waals surface area contributed by atoms with Crippen LogP contribution >= 0.6 is 0 Å². The molecule has 1 unspecified atom stereocenters. The van der Waals surface area contributed by atoms with Crippen LogP contribution in [0.2, 0.25) is 0 Å². The molecule has 2 aromatic carbocycles. The number of benzene rings is 2. The van der Waals surface area contributed by atoms with E-state index in [1.54, 1.807) is 20.8 Å². The molecule has 0 aliphatic carbocycles. The monoisotopic (exact) mass is 654 g/mol. The van der Waals surface area contributed by atoms with Crippen molar-refractivity contribution in [2.24, 2.45) is 11.8 Å². The number of aromatic nitrogens is 1. The number of fused-ring (bicyclic) bond motifs is 4. The number of carbonyl (C=O) groups is 2. The van der Waals surface area contributed by atoms with Crippen molar-refractivity contribution in [2.75, 3.05) is 19.6 Å². The van der Waals surface area contributed by atoms with Crippen molar-refractivity contribution in [3.05, 3.63) is 89.6 Å². The largest absolute Gasteiger partial charge is 0.450 e. The summed E-state index contributed by atoms with van der Waals surface area (Å²) in [4.78, 5) is 30.7. The van der Waals surface area contributed by atoms with Gasteiger partial charge in [0.25, 0.3) is 0 Å². The molecule has 0 saturated carbocycles. The Kier molecular flexibility index (Phi) is 9.86. The normalized spacial score (nSPS) is 23.4. The van der Waals surface area contributed by atoms with E-state index in [4.69, 9.17) is 9.47 Å². The number of ether oxygens (including phenoxy) is 2. The minimum Gasteiger partial charge on any atom is -0.450 e. The number of nitrogens with zero attached hydrogens (tertiary/aromatic N) is 2. The van der Waals surface area contributed by atoms with Crippen molar-refractivity contribution < 1.29 is 23.5 Å². The van der Waals surface area contributed by atoms with Crippen molar-refractivity contribution >= 4 is 23.0 Å². The van der Waals surface area contributed by atoms with Crippen molar-refractivity contribution in [3.63, 3.8) is 0 Å². The standard InChI is InChI=1S/C41H55N3O4/c1-11-28-26-44(25-27-20-30(39(2,3)4)23-31(21-27)40(5,6)7)19-17-29(28)22-35(44)37(33-16-18-42-34-15-13-12-14-32(33)34)47-36(45)24-43-38(46)48-41(8,9)10/h11-16,18,20-21,23,28-29,35,37H,1,17,19,22,24-26H2,2-10H3/p+1/t28-,29-,35+,37-,44?/m0/s1. The van der Waals surface area contributed by atoms with Crippen LogP contribution in [-0.2, 0) is 31.6 Å². The lowest BCUT2D eigenvalue weighted by molar-refractivity contribution is -0.984. The first-order valence-electron chi connectivity index (χ1n) is 17.5. The van der Waals surface area contributed by atoms with Crippen LogP contribution in [0.4, 0.5) is 4.79 Å². The highest BCUT2D eigenvalue weighted by molar-refractivity contribution is 5.83. The van der Waals surface area contributed by atoms with Crippen molar-refractivity contribution in [3.8, 4) is 0 Å². The summed E-state index contributed by atoms with van der Waals surface area (Å²) in [5.41, 5.74) is 5.14. The first-order valence-corrected chi connectivity index (χ1v) is 17.5. The highest BCUT2D eigenvalue weighted by Gasteiger charge is 2.55. The molecule has 6 rings (SSSR count). The minimum absolute atomic E-state index is 0.00309. The Balaban J connectivity index is 1.58. The molecule has 2 bridgehead atoms. The lowest BCUT2D eigenvalue weighted by Gasteiger charge is -2.58. The summed E-state index contributed by atoms with van der Waals surface area (Å²) < 4.78 is 12.7. The average Bonchev–Trinajstić information content (AvgIpc) is 3.00. The zero-order valence-electron chi connectivity index (χ0n) is 30.6. The fourth-order valence-corrected chi connectivity index (χ4v) is 7.73. The van der Waals surface area contributed by atoms with Gasteiger partial charge in [-0.25, -0.2) is 4.79 Å². The van der Waals surface area contributed by atoms with Crippen LogP contribution in [0, 0.1) is 11.8 Å². The highest BCUT2D eigenvalue weighted by Crippen LogP contribution is 2.49. The summed E-state index contributed by atoms with van der Waals surface area (Å²) in [6.45, 7) is 25.8. The maximum atomic E-state index is 13.6. The second-order valence-corrected chi connectivity index (χ2v) is 17.1. The molecular weight excluding hydrogens is 598 g/mol.